The van der Waals surface area contributed by atoms with E-state index >= 15 is 0 Å². The molecule has 0 saturated heterocycles. The molecule has 756 valence electrons. The van der Waals surface area contributed by atoms with Crippen molar-refractivity contribution in [1.82, 2.24) is 0 Å². The van der Waals surface area contributed by atoms with Crippen molar-refractivity contribution in [2.24, 2.45) is 0 Å². The lowest BCUT2D eigenvalue weighted by atomic mass is 10.2. The van der Waals surface area contributed by atoms with Crippen molar-refractivity contribution in [1.29, 1.82) is 0 Å². The quantitative estimate of drug-likeness (QED) is 0.0203. The summed E-state index contributed by atoms with van der Waals surface area (Å²) < 4.78 is 82.8. The minimum atomic E-state index is -1.40. The first-order valence-corrected chi connectivity index (χ1v) is 68.6. The van der Waals surface area contributed by atoms with Crippen LogP contribution in [-0.4, -0.2) is 156 Å². The molecule has 0 fully saturated rings. The van der Waals surface area contributed by atoms with Crippen LogP contribution in [0.5, 0.6) is 63.2 Å². The summed E-state index contributed by atoms with van der Waals surface area (Å²) in [5.74, 6) is 10.0. The van der Waals surface area contributed by atoms with Gasteiger partial charge in [-0.3, -0.25) is 14.4 Å². The number of ether oxygens (including phenoxy) is 11. The number of carbonyl (C=O) groups is 3. The SMILES string of the molecule is COc1ccc(SSC)c(Cl)c1.COc1ccc(SSC)cc1.COc1ccc(SSC)cc1.COc1ccc(SSC)cc1.COc1ccc(SSC)cc1.COc1ccc(SSC)cc1C.COc1ccc(SS[13CH2][13C](C)=O)cc1.COc1ccc(SS[13C](Br)(Br)C(C)=O)cc1.COc1ccc(SS[13C](Cl)(Cl)C(C)=O)cc1.[1H][13C@]([2H])(C)SSc1ccc(OC)cc1.[1H][13C]([1H])(C)SSc1ccc(OC)cc1. The van der Waals surface area contributed by atoms with Gasteiger partial charge in [0, 0.05) is 70.7 Å². The monoisotopic (exact) mass is 2480 g/mol. The number of alkyl halides is 4. The Bertz CT molecular complexity index is 4850. The molecule has 0 aliphatic carbocycles. The maximum atomic E-state index is 11.2. The molecule has 14 nitrogen and oxygen atoms in total. The van der Waals surface area contributed by atoms with Gasteiger partial charge < -0.3 is 52.1 Å². The lowest BCUT2D eigenvalue weighted by molar-refractivity contribution is -0.116. The van der Waals surface area contributed by atoms with Crippen molar-refractivity contribution in [3.8, 4) is 63.2 Å². The molecule has 11 aromatic carbocycles. The lowest BCUT2D eigenvalue weighted by Gasteiger charge is -2.14. The molecule has 41 heteroatoms. The number of hydrogen-bond acceptors (Lipinski definition) is 36. The van der Waals surface area contributed by atoms with Crippen LogP contribution in [0.3, 0.4) is 0 Å². The topological polar surface area (TPSA) is 153 Å². The van der Waals surface area contributed by atoms with Gasteiger partial charge in [0.15, 0.2) is 14.1 Å². The van der Waals surface area contributed by atoms with Crippen LogP contribution in [0.4, 0.5) is 0 Å². The molecule has 138 heavy (non-hydrogen) atoms. The molecule has 11 rings (SSSR count). The van der Waals surface area contributed by atoms with Gasteiger partial charge in [-0.05, 0) is 336 Å². The Morgan fingerprint density at radius 2 is 0.565 bits per heavy atom. The fraction of sp³-hybridized carbons (Fsp3) is 0.289. The van der Waals surface area contributed by atoms with Gasteiger partial charge in [0.2, 0.25) is 3.67 Å². The smallest absolute Gasteiger partial charge is 0.230 e. The second kappa shape index (κ2) is 84.7. The van der Waals surface area contributed by atoms with E-state index < -0.39 is 17.6 Å². The van der Waals surface area contributed by atoms with Gasteiger partial charge in [-0.1, -0.05) is 307 Å². The third-order valence-corrected chi connectivity index (χ3v) is 42.6. The van der Waals surface area contributed by atoms with Crippen molar-refractivity contribution >= 4 is 321 Å². The minimum Gasteiger partial charge on any atom is -0.497 e. The zero-order valence-electron chi connectivity index (χ0n) is 84.0. The van der Waals surface area contributed by atoms with E-state index in [9.17, 15) is 14.4 Å². The van der Waals surface area contributed by atoms with E-state index in [0.29, 0.717) is 5.75 Å². The highest BCUT2D eigenvalue weighted by molar-refractivity contribution is 9.30. The van der Waals surface area contributed by atoms with E-state index in [1.54, 1.807) is 250 Å². The fourth-order valence-corrected chi connectivity index (χ4v) is 27.3. The fourth-order valence-electron chi connectivity index (χ4n) is 8.51. The normalized spacial score (nSPS) is 11.1. The third-order valence-electron chi connectivity index (χ3n) is 15.3. The summed E-state index contributed by atoms with van der Waals surface area (Å²) in [4.78, 5) is 45.6. The van der Waals surface area contributed by atoms with Gasteiger partial charge in [0.25, 0.3) is 0 Å². The Labute approximate surface area is 944 Å². The molecule has 0 radical (unpaired) electrons. The number of rotatable bonds is 41. The molecular weight excluding hydrogens is 2370 g/mol. The van der Waals surface area contributed by atoms with E-state index in [0.717, 1.165) is 108 Å². The largest absolute Gasteiger partial charge is 0.497 e. The first-order valence-electron chi connectivity index (χ1n) is 41.6. The number of aryl methyl sites for hydroxylation is 1. The minimum absolute atomic E-state index is 0.0264. The highest BCUT2D eigenvalue weighted by atomic mass is 79.9. The second-order valence-electron chi connectivity index (χ2n) is 24.8. The Morgan fingerprint density at radius 3 is 0.797 bits per heavy atom. The van der Waals surface area contributed by atoms with Crippen LogP contribution in [0.15, 0.2) is 309 Å². The molecule has 0 aromatic heterocycles. The molecule has 0 heterocycles. The van der Waals surface area contributed by atoms with Crippen molar-refractivity contribution < 1.29 is 72.0 Å². The molecule has 0 bridgehead atoms. The zero-order chi connectivity index (χ0) is 106. The number of benzene rings is 11. The van der Waals surface area contributed by atoms with E-state index in [1.807, 2.05) is 200 Å². The Balaban J connectivity index is 0.000000783. The Hall–Kier alpha value is -2.24. The van der Waals surface area contributed by atoms with Gasteiger partial charge in [-0.15, -0.1) is 0 Å². The highest BCUT2D eigenvalue weighted by Gasteiger charge is 2.32. The first-order chi connectivity index (χ1) is 67.7. The summed E-state index contributed by atoms with van der Waals surface area (Å²) in [6.07, 6.45) is 12.4. The number of ketones is 3. The average Bonchev–Trinajstić information content (AvgIpc) is 0.866. The summed E-state index contributed by atoms with van der Waals surface area (Å²) in [6, 6.07) is 82.2. The summed E-state index contributed by atoms with van der Waals surface area (Å²) in [5.41, 5.74) is -1.22. The van der Waals surface area contributed by atoms with Crippen LogP contribution in [-0.2, 0) is 14.4 Å². The lowest BCUT2D eigenvalue weighted by Crippen LogP contribution is -2.16. The van der Waals surface area contributed by atoms with E-state index in [2.05, 4.69) is 131 Å². The molecule has 0 amide bonds. The number of Topliss-reactive ketones (excluding diaryl/α,β-unsaturated/α-hetero) is 3. The third kappa shape index (κ3) is 64.1. The summed E-state index contributed by atoms with van der Waals surface area (Å²) in [6.45, 7) is 9.65. The molecule has 0 spiro atoms. The number of carbonyl (C=O) groups excluding carboxylic acids is 3. The van der Waals surface area contributed by atoms with E-state index in [-0.39, 0.29) is 17.3 Å². The molecular formula is C97H117Br2Cl3O14S22. The number of hydrogen-bond donors (Lipinski definition) is 0. The van der Waals surface area contributed by atoms with Crippen molar-refractivity contribution in [2.45, 2.75) is 102 Å². The molecule has 0 unspecified atom stereocenters. The maximum Gasteiger partial charge on any atom is 0.230 e. The van der Waals surface area contributed by atoms with Crippen molar-refractivity contribution in [3.63, 3.8) is 0 Å². The predicted molar refractivity (Wildman–Crippen MR) is 649 cm³/mol. The summed E-state index contributed by atoms with van der Waals surface area (Å²) in [7, 11) is 52.9. The summed E-state index contributed by atoms with van der Waals surface area (Å²) >= 11 is 24.2. The van der Waals surface area contributed by atoms with Gasteiger partial charge >= 0.3 is 0 Å². The van der Waals surface area contributed by atoms with Gasteiger partial charge in [-0.25, -0.2) is 0 Å². The molecule has 0 N–H and O–H groups in total. The van der Waals surface area contributed by atoms with Crippen LogP contribution in [0, 0.1) is 6.92 Å². The zero-order valence-corrected chi connectivity index (χ0v) is 103. The van der Waals surface area contributed by atoms with Crippen LogP contribution in [0.2, 0.25) is 5.02 Å². The van der Waals surface area contributed by atoms with Crippen LogP contribution in [0.1, 0.15) is 45.7 Å². The molecule has 0 aliphatic rings. The van der Waals surface area contributed by atoms with Gasteiger partial charge in [0.1, 0.15) is 69.0 Å². The Kier molecular flexibility index (Phi) is 77.4. The average molecular weight is 2490 g/mol. The van der Waals surface area contributed by atoms with Gasteiger partial charge in [-0.2, -0.15) is 0 Å². The van der Waals surface area contributed by atoms with Crippen molar-refractivity contribution in [2.75, 3.05) is 133 Å². The van der Waals surface area contributed by atoms with Crippen LogP contribution < -0.4 is 52.1 Å². The number of methoxy groups -OCH3 is 11. The standard InChI is InChI=1S/C10H10Br2O2S2.C10H10Cl2O2S2.C10H12O2S2.3C9H12OS2.C8H9ClOS2.4C8H10OS2/c2*1-7(13)10(11,12)16-15-9-5-3-8(14-2)4-6-9;1-8(11)7-13-14-10-5-3-9(12-2)4-6-10;1-7-6-8(12-11-3)4-5-9(7)10-2;2*1-3-11-12-9-6-4-8(10-2)5-7-9;1-10-6-3-4-8(12-11-2)7(9)5-6;4*1-9-7-3-5-8(6-4-7)11-10-2/h2*3-6H,1-2H3;3-6H,7H2,1-2H3;4-6H,1-3H3;2*4-7H,3H2,1-2H3;3-5H,1-2H3;4*3-6H,1-2H3/i2*10+1;7+1,8+1;;3+1DH;3+1H2;;;;;/t;;;;3-;;;;;;/m....0....../s1. The van der Waals surface area contributed by atoms with Crippen LogP contribution >= 0.6 is 304 Å². The van der Waals surface area contributed by atoms with Gasteiger partial charge in [0.05, 0.1) is 89.0 Å². The second-order valence-corrected chi connectivity index (χ2v) is 57.9. The molecule has 0 aliphatic heterocycles. The van der Waals surface area contributed by atoms with E-state index in [4.69, 9.17) is 92.4 Å². The molecule has 1 atom stereocenters. The summed E-state index contributed by atoms with van der Waals surface area (Å²) in [5, 5.41) is 0.744. The molecule has 11 aromatic rings. The van der Waals surface area contributed by atoms with E-state index in [1.165, 1.54) is 119 Å². The first kappa shape index (κ1) is 126. The van der Waals surface area contributed by atoms with Crippen LogP contribution in [0.25, 0.3) is 0 Å². The predicted octanol–water partition coefficient (Wildman–Crippen LogP) is 37.9. The maximum absolute atomic E-state index is 11.2. The Morgan fingerprint density at radius 1 is 0.319 bits per heavy atom. The number of halogens is 5. The van der Waals surface area contributed by atoms with Crippen molar-refractivity contribution in [3.05, 3.63) is 265 Å². The highest BCUT2D eigenvalue weighted by Crippen LogP contribution is 2.50. The molecule has 0 saturated carbocycles.